The Labute approximate surface area is 307 Å². The number of pyridine rings is 1. The molecule has 0 radical (unpaired) electrons. The Morgan fingerprint density at radius 2 is 1.09 bits per heavy atom. The fourth-order valence-corrected chi connectivity index (χ4v) is 9.12. The first-order chi connectivity index (χ1) is 26.3. The highest BCUT2D eigenvalue weighted by Crippen LogP contribution is 2.53. The van der Waals surface area contributed by atoms with Crippen molar-refractivity contribution in [1.29, 1.82) is 0 Å². The fraction of sp³-hybridized carbons (Fsp3) is 0.125. The van der Waals surface area contributed by atoms with Gasteiger partial charge in [0.05, 0.1) is 16.7 Å². The molecular weight excluding hydrogens is 647 g/mol. The van der Waals surface area contributed by atoms with E-state index >= 15 is 0 Å². The fourth-order valence-electron chi connectivity index (χ4n) is 9.12. The molecule has 2 unspecified atom stereocenters. The van der Waals surface area contributed by atoms with Gasteiger partial charge in [0.2, 0.25) is 0 Å². The normalized spacial score (nSPS) is 17.8. The van der Waals surface area contributed by atoms with Gasteiger partial charge in [-0.3, -0.25) is 4.98 Å². The standard InChI is InChI=1S/C48H35N5/c1-2-10-31(11-3-1)46-50-47(32-20-24-35(25-21-32)53-43-16-8-6-13-39(43)40-14-7-9-17-44(40)53)52-48(51-46)42-29-49-45(41-15-5-4-12-38(41)42)30-22-26-36-33-18-19-34(28-33)37(36)27-23-30/h1-17,20-22,24-27,29,33-34H,18-19,23,28H2. The molecule has 2 saturated carbocycles. The number of nitrogens with zero attached hydrogens (tertiary/aromatic N) is 5. The molecule has 2 atom stereocenters. The maximum atomic E-state index is 5.16. The maximum absolute atomic E-state index is 5.16. The monoisotopic (exact) mass is 681 g/mol. The van der Waals surface area contributed by atoms with E-state index in [1.165, 1.54) is 46.6 Å². The summed E-state index contributed by atoms with van der Waals surface area (Å²) in [5.74, 6) is 3.35. The average Bonchev–Trinajstić information content (AvgIpc) is 3.88. The molecule has 5 nitrogen and oxygen atoms in total. The van der Waals surface area contributed by atoms with Gasteiger partial charge in [-0.1, -0.05) is 109 Å². The Balaban J connectivity index is 1.03. The smallest absolute Gasteiger partial charge is 0.166 e. The molecule has 11 rings (SSSR count). The summed E-state index contributed by atoms with van der Waals surface area (Å²) < 4.78 is 2.33. The lowest BCUT2D eigenvalue weighted by molar-refractivity contribution is 0.653. The highest BCUT2D eigenvalue weighted by molar-refractivity contribution is 6.09. The Morgan fingerprint density at radius 1 is 0.509 bits per heavy atom. The molecule has 8 aromatic rings. The molecule has 0 spiro atoms. The number of hydrogen-bond acceptors (Lipinski definition) is 4. The van der Waals surface area contributed by atoms with Crippen LogP contribution in [0, 0.1) is 11.8 Å². The Hall–Kier alpha value is -6.46. The van der Waals surface area contributed by atoms with Crippen LogP contribution in [0.15, 0.2) is 163 Å². The lowest BCUT2D eigenvalue weighted by Gasteiger charge is -2.16. The highest BCUT2D eigenvalue weighted by atomic mass is 15.0. The van der Waals surface area contributed by atoms with Crippen LogP contribution in [0.3, 0.4) is 0 Å². The minimum absolute atomic E-state index is 0.612. The summed E-state index contributed by atoms with van der Waals surface area (Å²) in [4.78, 5) is 20.5. The van der Waals surface area contributed by atoms with Gasteiger partial charge >= 0.3 is 0 Å². The number of hydrogen-bond donors (Lipinski definition) is 0. The molecule has 2 bridgehead atoms. The van der Waals surface area contributed by atoms with Crippen LogP contribution >= 0.6 is 0 Å². The third-order valence-electron chi connectivity index (χ3n) is 11.6. The van der Waals surface area contributed by atoms with E-state index in [1.807, 2.05) is 24.4 Å². The average molecular weight is 682 g/mol. The molecular formula is C48H35N5. The van der Waals surface area contributed by atoms with Gasteiger partial charge in [0.1, 0.15) is 0 Å². The second-order valence-corrected chi connectivity index (χ2v) is 14.5. The van der Waals surface area contributed by atoms with Crippen molar-refractivity contribution in [3.05, 3.63) is 169 Å². The number of fused-ring (bicyclic) bond motifs is 9. The zero-order chi connectivity index (χ0) is 34.9. The van der Waals surface area contributed by atoms with Crippen molar-refractivity contribution >= 4 is 38.2 Å². The van der Waals surface area contributed by atoms with Crippen molar-refractivity contribution in [2.24, 2.45) is 11.8 Å². The number of aromatic nitrogens is 5. The first-order valence-electron chi connectivity index (χ1n) is 18.7. The van der Waals surface area contributed by atoms with Crippen molar-refractivity contribution in [1.82, 2.24) is 24.5 Å². The molecule has 3 aliphatic carbocycles. The first kappa shape index (κ1) is 30.2. The summed E-state index contributed by atoms with van der Waals surface area (Å²) in [6.45, 7) is 0. The summed E-state index contributed by atoms with van der Waals surface area (Å²) in [5.41, 5.74) is 11.6. The molecule has 5 aromatic carbocycles. The Bertz CT molecular complexity index is 2790. The highest BCUT2D eigenvalue weighted by Gasteiger charge is 2.39. The van der Waals surface area contributed by atoms with Gasteiger partial charge in [0, 0.05) is 44.7 Å². The van der Waals surface area contributed by atoms with Crippen molar-refractivity contribution in [2.45, 2.75) is 25.7 Å². The predicted octanol–water partition coefficient (Wildman–Crippen LogP) is 11.6. The van der Waals surface area contributed by atoms with Crippen LogP contribution in [0.4, 0.5) is 0 Å². The molecule has 3 heterocycles. The number of para-hydroxylation sites is 2. The summed E-state index contributed by atoms with van der Waals surface area (Å²) in [6, 6.07) is 44.5. The van der Waals surface area contributed by atoms with Crippen LogP contribution in [0.5, 0.6) is 0 Å². The van der Waals surface area contributed by atoms with Crippen LogP contribution in [-0.2, 0) is 0 Å². The topological polar surface area (TPSA) is 56.5 Å². The zero-order valence-electron chi connectivity index (χ0n) is 29.2. The molecule has 0 amide bonds. The van der Waals surface area contributed by atoms with Gasteiger partial charge < -0.3 is 4.57 Å². The van der Waals surface area contributed by atoms with Crippen molar-refractivity contribution in [2.75, 3.05) is 0 Å². The summed E-state index contributed by atoms with van der Waals surface area (Å²) >= 11 is 0. The second-order valence-electron chi connectivity index (χ2n) is 14.5. The van der Waals surface area contributed by atoms with Gasteiger partial charge in [-0.2, -0.15) is 0 Å². The molecule has 252 valence electrons. The predicted molar refractivity (Wildman–Crippen MR) is 215 cm³/mol. The van der Waals surface area contributed by atoms with Crippen LogP contribution in [0.2, 0.25) is 0 Å². The SMILES string of the molecule is C1=C(c2ncc(-c3nc(-c4ccccc4)nc(-c4ccc(-n5c6ccccc6c6ccccc65)cc4)n3)c3ccccc23)CC=C2C(=C1)C1CCC2C1. The van der Waals surface area contributed by atoms with Gasteiger partial charge in [-0.25, -0.2) is 15.0 Å². The molecule has 3 aromatic heterocycles. The first-order valence-corrected chi connectivity index (χ1v) is 18.7. The lowest BCUT2D eigenvalue weighted by atomic mass is 9.89. The van der Waals surface area contributed by atoms with E-state index in [-0.39, 0.29) is 0 Å². The molecule has 0 saturated heterocycles. The molecule has 53 heavy (non-hydrogen) atoms. The zero-order valence-corrected chi connectivity index (χ0v) is 29.2. The van der Waals surface area contributed by atoms with E-state index in [1.54, 1.807) is 11.1 Å². The van der Waals surface area contributed by atoms with Gasteiger partial charge in [-0.15, -0.1) is 0 Å². The summed E-state index contributed by atoms with van der Waals surface area (Å²) in [5, 5.41) is 4.68. The van der Waals surface area contributed by atoms with Crippen LogP contribution in [0.1, 0.15) is 31.4 Å². The number of rotatable bonds is 5. The Morgan fingerprint density at radius 3 is 1.81 bits per heavy atom. The van der Waals surface area contributed by atoms with Crippen LogP contribution < -0.4 is 0 Å². The van der Waals surface area contributed by atoms with E-state index in [2.05, 4.69) is 132 Å². The van der Waals surface area contributed by atoms with E-state index in [9.17, 15) is 0 Å². The quantitative estimate of drug-likeness (QED) is 0.181. The molecule has 5 heteroatoms. The van der Waals surface area contributed by atoms with Crippen molar-refractivity contribution < 1.29 is 0 Å². The third kappa shape index (κ3) is 4.91. The van der Waals surface area contributed by atoms with Gasteiger partial charge in [0.25, 0.3) is 0 Å². The number of benzene rings is 5. The van der Waals surface area contributed by atoms with Gasteiger partial charge in [-0.05, 0) is 96.0 Å². The van der Waals surface area contributed by atoms with Crippen LogP contribution in [-0.4, -0.2) is 24.5 Å². The minimum atomic E-state index is 0.612. The molecule has 2 fully saturated rings. The largest absolute Gasteiger partial charge is 0.309 e. The molecule has 0 N–H and O–H groups in total. The Kier molecular flexibility index (Phi) is 6.87. The van der Waals surface area contributed by atoms with Crippen LogP contribution in [0.25, 0.3) is 78.0 Å². The van der Waals surface area contributed by atoms with Crippen molar-refractivity contribution in [3.8, 4) is 39.9 Å². The van der Waals surface area contributed by atoms with Crippen molar-refractivity contribution in [3.63, 3.8) is 0 Å². The summed E-state index contributed by atoms with van der Waals surface area (Å²) in [6.07, 6.45) is 14.1. The second kappa shape index (κ2) is 12.1. The summed E-state index contributed by atoms with van der Waals surface area (Å²) in [7, 11) is 0. The van der Waals surface area contributed by atoms with E-state index < -0.39 is 0 Å². The third-order valence-corrected chi connectivity index (χ3v) is 11.6. The van der Waals surface area contributed by atoms with Gasteiger partial charge in [0.15, 0.2) is 17.5 Å². The van der Waals surface area contributed by atoms with E-state index in [0.717, 1.165) is 57.1 Å². The maximum Gasteiger partial charge on any atom is 0.166 e. The number of allylic oxidation sites excluding steroid dienone is 6. The lowest BCUT2D eigenvalue weighted by Crippen LogP contribution is -2.02. The van der Waals surface area contributed by atoms with E-state index in [0.29, 0.717) is 17.5 Å². The molecule has 0 aliphatic heterocycles. The van der Waals surface area contributed by atoms with E-state index in [4.69, 9.17) is 19.9 Å². The minimum Gasteiger partial charge on any atom is -0.309 e. The molecule has 3 aliphatic rings.